The molecule has 0 saturated carbocycles. The van der Waals surface area contributed by atoms with Crippen molar-refractivity contribution >= 4 is 5.91 Å². The Balaban J connectivity index is 1.44. The Morgan fingerprint density at radius 1 is 1.08 bits per heavy atom. The van der Waals surface area contributed by atoms with E-state index in [1.807, 2.05) is 17.0 Å². The number of hydrogen-bond acceptors (Lipinski definition) is 6. The van der Waals surface area contributed by atoms with Gasteiger partial charge in [-0.3, -0.25) is 14.7 Å². The number of pyridine rings is 1. The number of amides is 1. The summed E-state index contributed by atoms with van der Waals surface area (Å²) in [5, 5.41) is 4.09. The summed E-state index contributed by atoms with van der Waals surface area (Å²) >= 11 is 0. The standard InChI is InChI=1S/C19H25N5O2/c25-17(14-23-11-3-1-2-4-12-23)24-13-5-6-16(24)19-21-18(22-26-19)15-7-9-20-10-8-15/h7-10,16H,1-6,11-14H2/t16-/m1/s1. The van der Waals surface area contributed by atoms with E-state index in [1.165, 1.54) is 25.7 Å². The van der Waals surface area contributed by atoms with Gasteiger partial charge in [-0.25, -0.2) is 0 Å². The molecule has 1 atom stereocenters. The molecule has 0 bridgehead atoms. The van der Waals surface area contributed by atoms with Crippen LogP contribution >= 0.6 is 0 Å². The molecule has 0 aromatic carbocycles. The summed E-state index contributed by atoms with van der Waals surface area (Å²) in [7, 11) is 0. The molecule has 4 rings (SSSR count). The fraction of sp³-hybridized carbons (Fsp3) is 0.579. The molecule has 1 amide bonds. The van der Waals surface area contributed by atoms with Crippen LogP contribution in [-0.4, -0.2) is 57.0 Å². The van der Waals surface area contributed by atoms with Crippen LogP contribution in [0.2, 0.25) is 0 Å². The minimum atomic E-state index is -0.0995. The maximum Gasteiger partial charge on any atom is 0.249 e. The van der Waals surface area contributed by atoms with Gasteiger partial charge in [-0.1, -0.05) is 18.0 Å². The molecule has 138 valence electrons. The van der Waals surface area contributed by atoms with Crippen molar-refractivity contribution in [3.8, 4) is 11.4 Å². The van der Waals surface area contributed by atoms with Crippen LogP contribution in [-0.2, 0) is 4.79 Å². The number of nitrogens with zero attached hydrogens (tertiary/aromatic N) is 5. The normalized spacial score (nSPS) is 21.7. The highest BCUT2D eigenvalue weighted by Gasteiger charge is 2.34. The largest absolute Gasteiger partial charge is 0.337 e. The molecule has 0 unspecified atom stereocenters. The van der Waals surface area contributed by atoms with Gasteiger partial charge in [0, 0.05) is 24.5 Å². The Labute approximate surface area is 153 Å². The molecular formula is C19H25N5O2. The van der Waals surface area contributed by atoms with Crippen LogP contribution in [0.15, 0.2) is 29.0 Å². The average molecular weight is 355 g/mol. The van der Waals surface area contributed by atoms with Gasteiger partial charge in [0.2, 0.25) is 17.6 Å². The number of hydrogen-bond donors (Lipinski definition) is 0. The molecule has 2 aliphatic heterocycles. The molecule has 2 fully saturated rings. The van der Waals surface area contributed by atoms with Crippen molar-refractivity contribution in [2.24, 2.45) is 0 Å². The van der Waals surface area contributed by atoms with E-state index in [-0.39, 0.29) is 11.9 Å². The fourth-order valence-corrected chi connectivity index (χ4v) is 3.89. The predicted octanol–water partition coefficient (Wildman–Crippen LogP) is 2.67. The second-order valence-electron chi connectivity index (χ2n) is 7.13. The molecule has 4 heterocycles. The molecule has 2 aliphatic rings. The van der Waals surface area contributed by atoms with Crippen molar-refractivity contribution in [2.45, 2.75) is 44.6 Å². The molecule has 2 aromatic heterocycles. The third kappa shape index (κ3) is 3.77. The van der Waals surface area contributed by atoms with Gasteiger partial charge in [0.25, 0.3) is 0 Å². The maximum absolute atomic E-state index is 12.9. The first-order chi connectivity index (χ1) is 12.8. The van der Waals surface area contributed by atoms with Gasteiger partial charge in [0.05, 0.1) is 6.54 Å². The van der Waals surface area contributed by atoms with Gasteiger partial charge in [0.15, 0.2) is 0 Å². The second-order valence-corrected chi connectivity index (χ2v) is 7.13. The van der Waals surface area contributed by atoms with Crippen LogP contribution in [0, 0.1) is 0 Å². The molecule has 0 aliphatic carbocycles. The number of likely N-dealkylation sites (tertiary alicyclic amines) is 2. The summed E-state index contributed by atoms with van der Waals surface area (Å²) in [5.74, 6) is 1.27. The van der Waals surface area contributed by atoms with E-state index in [4.69, 9.17) is 4.52 Å². The quantitative estimate of drug-likeness (QED) is 0.839. The van der Waals surface area contributed by atoms with Crippen molar-refractivity contribution in [1.82, 2.24) is 24.9 Å². The Bertz CT molecular complexity index is 725. The van der Waals surface area contributed by atoms with Crippen LogP contribution in [0.25, 0.3) is 11.4 Å². The topological polar surface area (TPSA) is 75.4 Å². The molecule has 7 heteroatoms. The summed E-state index contributed by atoms with van der Waals surface area (Å²) < 4.78 is 5.50. The van der Waals surface area contributed by atoms with Crippen LogP contribution in [0.5, 0.6) is 0 Å². The molecule has 0 radical (unpaired) electrons. The maximum atomic E-state index is 12.9. The van der Waals surface area contributed by atoms with Gasteiger partial charge >= 0.3 is 0 Å². The van der Waals surface area contributed by atoms with Crippen molar-refractivity contribution in [3.63, 3.8) is 0 Å². The lowest BCUT2D eigenvalue weighted by atomic mass is 10.2. The number of carbonyl (C=O) groups is 1. The summed E-state index contributed by atoms with van der Waals surface area (Å²) in [6.07, 6.45) is 10.2. The van der Waals surface area contributed by atoms with Gasteiger partial charge in [0.1, 0.15) is 6.04 Å². The summed E-state index contributed by atoms with van der Waals surface area (Å²) in [6.45, 7) is 3.32. The first kappa shape index (κ1) is 17.1. The van der Waals surface area contributed by atoms with E-state index in [0.717, 1.165) is 38.0 Å². The van der Waals surface area contributed by atoms with Crippen LogP contribution in [0.3, 0.4) is 0 Å². The first-order valence-corrected chi connectivity index (χ1v) is 9.57. The van der Waals surface area contributed by atoms with E-state index in [9.17, 15) is 4.79 Å². The zero-order valence-electron chi connectivity index (χ0n) is 15.0. The summed E-state index contributed by atoms with van der Waals surface area (Å²) in [6, 6.07) is 3.61. The lowest BCUT2D eigenvalue weighted by Crippen LogP contribution is -2.40. The van der Waals surface area contributed by atoms with Crippen LogP contribution < -0.4 is 0 Å². The zero-order valence-corrected chi connectivity index (χ0v) is 15.0. The third-order valence-corrected chi connectivity index (χ3v) is 5.30. The Morgan fingerprint density at radius 2 is 1.85 bits per heavy atom. The number of aromatic nitrogens is 3. The molecule has 0 spiro atoms. The summed E-state index contributed by atoms with van der Waals surface area (Å²) in [5.41, 5.74) is 0.871. The van der Waals surface area contributed by atoms with E-state index >= 15 is 0 Å². The minimum Gasteiger partial charge on any atom is -0.337 e. The fourth-order valence-electron chi connectivity index (χ4n) is 3.89. The highest BCUT2D eigenvalue weighted by atomic mass is 16.5. The van der Waals surface area contributed by atoms with Gasteiger partial charge in [-0.15, -0.1) is 0 Å². The number of rotatable bonds is 4. The smallest absolute Gasteiger partial charge is 0.249 e. The van der Waals surface area contributed by atoms with Gasteiger partial charge < -0.3 is 9.42 Å². The van der Waals surface area contributed by atoms with E-state index in [0.29, 0.717) is 18.3 Å². The van der Waals surface area contributed by atoms with Crippen molar-refractivity contribution in [2.75, 3.05) is 26.2 Å². The SMILES string of the molecule is O=C(CN1CCCCCC1)N1CCC[C@@H]1c1nc(-c2ccncc2)no1. The van der Waals surface area contributed by atoms with Crippen molar-refractivity contribution in [3.05, 3.63) is 30.4 Å². The monoisotopic (exact) mass is 355 g/mol. The molecule has 2 saturated heterocycles. The van der Waals surface area contributed by atoms with Crippen LogP contribution in [0.1, 0.15) is 50.5 Å². The van der Waals surface area contributed by atoms with Gasteiger partial charge in [-0.2, -0.15) is 4.98 Å². The lowest BCUT2D eigenvalue weighted by Gasteiger charge is -2.26. The van der Waals surface area contributed by atoms with E-state index in [1.54, 1.807) is 12.4 Å². The van der Waals surface area contributed by atoms with Gasteiger partial charge in [-0.05, 0) is 50.9 Å². The Hall–Kier alpha value is -2.28. The van der Waals surface area contributed by atoms with Crippen molar-refractivity contribution in [1.29, 1.82) is 0 Å². The molecular weight excluding hydrogens is 330 g/mol. The number of carbonyl (C=O) groups excluding carboxylic acids is 1. The van der Waals surface area contributed by atoms with E-state index < -0.39 is 0 Å². The third-order valence-electron chi connectivity index (χ3n) is 5.30. The average Bonchev–Trinajstić information content (AvgIpc) is 3.28. The second kappa shape index (κ2) is 7.95. The molecule has 2 aromatic rings. The Morgan fingerprint density at radius 3 is 2.62 bits per heavy atom. The zero-order chi connectivity index (χ0) is 17.8. The predicted molar refractivity (Wildman–Crippen MR) is 96.1 cm³/mol. The minimum absolute atomic E-state index is 0.0995. The lowest BCUT2D eigenvalue weighted by molar-refractivity contribution is -0.133. The highest BCUT2D eigenvalue weighted by Crippen LogP contribution is 2.32. The van der Waals surface area contributed by atoms with E-state index in [2.05, 4.69) is 20.0 Å². The summed E-state index contributed by atoms with van der Waals surface area (Å²) in [4.78, 5) is 25.6. The molecule has 0 N–H and O–H groups in total. The van der Waals surface area contributed by atoms with Crippen LogP contribution in [0.4, 0.5) is 0 Å². The Kier molecular flexibility index (Phi) is 5.24. The first-order valence-electron chi connectivity index (χ1n) is 9.57. The van der Waals surface area contributed by atoms with Crippen molar-refractivity contribution < 1.29 is 9.32 Å². The molecule has 26 heavy (non-hydrogen) atoms. The molecule has 7 nitrogen and oxygen atoms in total. The highest BCUT2D eigenvalue weighted by molar-refractivity contribution is 5.79.